The number of hydrogen-bond acceptors (Lipinski definition) is 6. The van der Waals surface area contributed by atoms with E-state index >= 15 is 0 Å². The molecule has 0 spiro atoms. The standard InChI is InChI=1S/C17H17FN4O2/c1-11-8-15(24-21-11)14-6-3-7-22(14)10-16-19-20-17(23-16)12-4-2-5-13(18)9-12/h2,4-5,8-9,14H,3,6-7,10H2,1H3/t14-/m1/s1. The average molecular weight is 328 g/mol. The Kier molecular flexibility index (Phi) is 3.86. The predicted molar refractivity (Wildman–Crippen MR) is 83.3 cm³/mol. The minimum absolute atomic E-state index is 0.177. The zero-order chi connectivity index (χ0) is 16.5. The van der Waals surface area contributed by atoms with E-state index in [1.807, 2.05) is 13.0 Å². The van der Waals surface area contributed by atoms with Gasteiger partial charge >= 0.3 is 0 Å². The highest BCUT2D eigenvalue weighted by molar-refractivity contribution is 5.52. The third-order valence-electron chi connectivity index (χ3n) is 4.22. The molecule has 4 rings (SSSR count). The molecule has 24 heavy (non-hydrogen) atoms. The van der Waals surface area contributed by atoms with Crippen LogP contribution in [-0.4, -0.2) is 26.8 Å². The van der Waals surface area contributed by atoms with Crippen molar-refractivity contribution in [3.8, 4) is 11.5 Å². The second kappa shape index (κ2) is 6.16. The van der Waals surface area contributed by atoms with Crippen LogP contribution in [0.4, 0.5) is 4.39 Å². The van der Waals surface area contributed by atoms with Gasteiger partial charge in [0.1, 0.15) is 5.82 Å². The van der Waals surface area contributed by atoms with Crippen LogP contribution in [0.1, 0.15) is 36.2 Å². The zero-order valence-corrected chi connectivity index (χ0v) is 13.3. The molecule has 7 heteroatoms. The van der Waals surface area contributed by atoms with E-state index in [9.17, 15) is 4.39 Å². The summed E-state index contributed by atoms with van der Waals surface area (Å²) in [6.07, 6.45) is 2.09. The summed E-state index contributed by atoms with van der Waals surface area (Å²) in [5, 5.41) is 12.1. The molecule has 124 valence electrons. The second-order valence-corrected chi connectivity index (χ2v) is 6.01. The molecule has 0 amide bonds. The molecule has 0 radical (unpaired) electrons. The van der Waals surface area contributed by atoms with Crippen molar-refractivity contribution in [1.29, 1.82) is 0 Å². The molecule has 1 aliphatic rings. The largest absolute Gasteiger partial charge is 0.419 e. The Morgan fingerprint density at radius 2 is 2.21 bits per heavy atom. The number of benzene rings is 1. The van der Waals surface area contributed by atoms with E-state index in [1.165, 1.54) is 12.1 Å². The van der Waals surface area contributed by atoms with Gasteiger partial charge in [-0.25, -0.2) is 4.39 Å². The summed E-state index contributed by atoms with van der Waals surface area (Å²) >= 11 is 0. The first kappa shape index (κ1) is 15.0. The molecule has 1 saturated heterocycles. The molecule has 3 aromatic rings. The fourth-order valence-electron chi connectivity index (χ4n) is 3.11. The Morgan fingerprint density at radius 3 is 3.00 bits per heavy atom. The number of nitrogens with zero attached hydrogens (tertiary/aromatic N) is 4. The molecule has 1 fully saturated rings. The van der Waals surface area contributed by atoms with Crippen LogP contribution in [0.15, 0.2) is 39.3 Å². The molecule has 1 aromatic carbocycles. The molecule has 0 bridgehead atoms. The van der Waals surface area contributed by atoms with Gasteiger partial charge < -0.3 is 8.94 Å². The summed E-state index contributed by atoms with van der Waals surface area (Å²) < 4.78 is 24.4. The first-order chi connectivity index (χ1) is 11.7. The zero-order valence-electron chi connectivity index (χ0n) is 13.3. The number of rotatable bonds is 4. The van der Waals surface area contributed by atoms with Gasteiger partial charge in [-0.1, -0.05) is 11.2 Å². The van der Waals surface area contributed by atoms with Crippen molar-refractivity contribution < 1.29 is 13.3 Å². The van der Waals surface area contributed by atoms with E-state index in [0.717, 1.165) is 30.8 Å². The molecule has 0 N–H and O–H groups in total. The summed E-state index contributed by atoms with van der Waals surface area (Å²) in [5.74, 6) is 1.38. The van der Waals surface area contributed by atoms with Gasteiger partial charge in [0.05, 0.1) is 18.3 Å². The van der Waals surface area contributed by atoms with Gasteiger partial charge in [0, 0.05) is 11.6 Å². The van der Waals surface area contributed by atoms with E-state index in [1.54, 1.807) is 12.1 Å². The highest BCUT2D eigenvalue weighted by atomic mass is 19.1. The third-order valence-corrected chi connectivity index (χ3v) is 4.22. The molecule has 1 aliphatic heterocycles. The Bertz CT molecular complexity index is 844. The van der Waals surface area contributed by atoms with E-state index in [2.05, 4.69) is 20.3 Å². The quantitative estimate of drug-likeness (QED) is 0.730. The number of aryl methyl sites for hydroxylation is 1. The number of halogens is 1. The lowest BCUT2D eigenvalue weighted by atomic mass is 10.1. The Hall–Kier alpha value is -2.54. The molecule has 6 nitrogen and oxygen atoms in total. The topological polar surface area (TPSA) is 68.2 Å². The van der Waals surface area contributed by atoms with Crippen molar-refractivity contribution in [2.24, 2.45) is 0 Å². The van der Waals surface area contributed by atoms with E-state index < -0.39 is 0 Å². The van der Waals surface area contributed by atoms with Crippen molar-refractivity contribution in [1.82, 2.24) is 20.3 Å². The molecular formula is C17H17FN4O2. The average Bonchev–Trinajstić information content (AvgIpc) is 3.28. The number of likely N-dealkylation sites (tertiary alicyclic amines) is 1. The van der Waals surface area contributed by atoms with Crippen molar-refractivity contribution in [2.75, 3.05) is 6.54 Å². The SMILES string of the molecule is Cc1cc([C@H]2CCCN2Cc2nnc(-c3cccc(F)c3)o2)on1. The molecule has 1 atom stereocenters. The van der Waals surface area contributed by atoms with Crippen molar-refractivity contribution >= 4 is 0 Å². The second-order valence-electron chi connectivity index (χ2n) is 6.01. The molecule has 0 unspecified atom stereocenters. The fourth-order valence-corrected chi connectivity index (χ4v) is 3.11. The number of aromatic nitrogens is 3. The van der Waals surface area contributed by atoms with Crippen LogP contribution < -0.4 is 0 Å². The maximum atomic E-state index is 13.3. The highest BCUT2D eigenvalue weighted by Gasteiger charge is 2.30. The first-order valence-corrected chi connectivity index (χ1v) is 7.94. The third kappa shape index (κ3) is 2.94. The summed E-state index contributed by atoms with van der Waals surface area (Å²) in [7, 11) is 0. The monoisotopic (exact) mass is 328 g/mol. The van der Waals surface area contributed by atoms with Gasteiger partial charge in [0.2, 0.25) is 11.8 Å². The molecule has 2 aromatic heterocycles. The minimum atomic E-state index is -0.326. The Balaban J connectivity index is 1.51. The van der Waals surface area contributed by atoms with E-state index in [-0.39, 0.29) is 11.9 Å². The van der Waals surface area contributed by atoms with Gasteiger partial charge in [-0.05, 0) is 44.5 Å². The van der Waals surface area contributed by atoms with Crippen LogP contribution in [0, 0.1) is 12.7 Å². The van der Waals surface area contributed by atoms with Gasteiger partial charge in [-0.3, -0.25) is 4.90 Å². The summed E-state index contributed by atoms with van der Waals surface area (Å²) in [6.45, 7) is 3.38. The molecule has 0 aliphatic carbocycles. The van der Waals surface area contributed by atoms with E-state index in [0.29, 0.717) is 23.9 Å². The summed E-state index contributed by atoms with van der Waals surface area (Å²) in [4.78, 5) is 2.24. The van der Waals surface area contributed by atoms with Crippen LogP contribution in [0.5, 0.6) is 0 Å². The van der Waals surface area contributed by atoms with Crippen LogP contribution in [0.25, 0.3) is 11.5 Å². The van der Waals surface area contributed by atoms with Crippen LogP contribution in [0.2, 0.25) is 0 Å². The predicted octanol–water partition coefficient (Wildman–Crippen LogP) is 3.51. The lowest BCUT2D eigenvalue weighted by Crippen LogP contribution is -2.22. The minimum Gasteiger partial charge on any atom is -0.419 e. The van der Waals surface area contributed by atoms with Crippen LogP contribution in [-0.2, 0) is 6.54 Å². The first-order valence-electron chi connectivity index (χ1n) is 7.94. The summed E-state index contributed by atoms with van der Waals surface area (Å²) in [5.41, 5.74) is 1.46. The van der Waals surface area contributed by atoms with Crippen molar-refractivity contribution in [3.05, 3.63) is 53.5 Å². The normalized spacial score (nSPS) is 18.3. The van der Waals surface area contributed by atoms with Crippen LogP contribution >= 0.6 is 0 Å². The molecule has 3 heterocycles. The van der Waals surface area contributed by atoms with E-state index in [4.69, 9.17) is 8.94 Å². The maximum Gasteiger partial charge on any atom is 0.247 e. The Morgan fingerprint density at radius 1 is 1.29 bits per heavy atom. The van der Waals surface area contributed by atoms with Crippen LogP contribution in [0.3, 0.4) is 0 Å². The van der Waals surface area contributed by atoms with Crippen molar-refractivity contribution in [3.63, 3.8) is 0 Å². The number of hydrogen-bond donors (Lipinski definition) is 0. The van der Waals surface area contributed by atoms with Gasteiger partial charge in [0.15, 0.2) is 5.76 Å². The lowest BCUT2D eigenvalue weighted by Gasteiger charge is -2.19. The fraction of sp³-hybridized carbons (Fsp3) is 0.353. The molecular weight excluding hydrogens is 311 g/mol. The smallest absolute Gasteiger partial charge is 0.247 e. The maximum absolute atomic E-state index is 13.3. The van der Waals surface area contributed by atoms with Crippen molar-refractivity contribution in [2.45, 2.75) is 32.4 Å². The van der Waals surface area contributed by atoms with Gasteiger partial charge in [0.25, 0.3) is 0 Å². The van der Waals surface area contributed by atoms with Gasteiger partial charge in [-0.15, -0.1) is 10.2 Å². The Labute approximate surface area is 138 Å². The van der Waals surface area contributed by atoms with Gasteiger partial charge in [-0.2, -0.15) is 0 Å². The molecule has 0 saturated carbocycles. The summed E-state index contributed by atoms with van der Waals surface area (Å²) in [6, 6.07) is 8.28. The highest BCUT2D eigenvalue weighted by Crippen LogP contribution is 2.33. The lowest BCUT2D eigenvalue weighted by molar-refractivity contribution is 0.190.